The smallest absolute Gasteiger partial charge is 0.416 e. The Labute approximate surface area is 272 Å². The quantitative estimate of drug-likeness (QED) is 0.0918. The van der Waals surface area contributed by atoms with Gasteiger partial charge in [0.15, 0.2) is 11.5 Å². The van der Waals surface area contributed by atoms with Crippen molar-refractivity contribution in [2.75, 3.05) is 44.3 Å². The van der Waals surface area contributed by atoms with Crippen LogP contribution in [0.5, 0.6) is 5.88 Å². The maximum absolute atomic E-state index is 13.9. The van der Waals surface area contributed by atoms with E-state index in [9.17, 15) is 19.7 Å². The number of ether oxygens (including phenoxy) is 3. The van der Waals surface area contributed by atoms with Crippen LogP contribution in [0.4, 0.5) is 21.9 Å². The van der Waals surface area contributed by atoms with Crippen LogP contribution in [0.25, 0.3) is 21.9 Å². The van der Waals surface area contributed by atoms with Gasteiger partial charge >= 0.3 is 12.1 Å². The van der Waals surface area contributed by atoms with E-state index in [1.807, 2.05) is 18.7 Å². The lowest BCUT2D eigenvalue weighted by molar-refractivity contribution is -0.384. The minimum absolute atomic E-state index is 0.0119. The van der Waals surface area contributed by atoms with Crippen LogP contribution in [0.15, 0.2) is 43.5 Å². The number of esters is 1. The molecule has 3 aromatic rings. The molecule has 2 aliphatic rings. The number of anilines is 1. The summed E-state index contributed by atoms with van der Waals surface area (Å²) in [6.45, 7) is 23.8. The molecule has 0 radical (unpaired) electrons. The van der Waals surface area contributed by atoms with Crippen molar-refractivity contribution in [1.29, 1.82) is 0 Å². The number of nitro benzene ring substituents is 1. The van der Waals surface area contributed by atoms with Gasteiger partial charge in [-0.25, -0.2) is 23.9 Å². The van der Waals surface area contributed by atoms with Crippen molar-refractivity contribution in [2.45, 2.75) is 39.7 Å². The van der Waals surface area contributed by atoms with Crippen molar-refractivity contribution >= 4 is 34.8 Å². The second kappa shape index (κ2) is 14.1. The van der Waals surface area contributed by atoms with Gasteiger partial charge in [-0.1, -0.05) is 32.9 Å². The predicted molar refractivity (Wildman–Crippen MR) is 175 cm³/mol. The fourth-order valence-electron chi connectivity index (χ4n) is 6.67. The highest BCUT2D eigenvalue weighted by Gasteiger charge is 2.38. The molecule has 1 saturated heterocycles. The first kappa shape index (κ1) is 33.2. The molecule has 1 saturated carbocycles. The fraction of sp³-hybridized carbons (Fsp3) is 0.455. The third kappa shape index (κ3) is 6.71. The number of nitrogens with one attached hydrogen (secondary N) is 1. The van der Waals surface area contributed by atoms with Crippen LogP contribution >= 0.6 is 0 Å². The van der Waals surface area contributed by atoms with Crippen molar-refractivity contribution < 1.29 is 28.7 Å². The molecular weight excluding hydrogens is 606 g/mol. The molecule has 1 aliphatic carbocycles. The van der Waals surface area contributed by atoms with Gasteiger partial charge < -0.3 is 24.0 Å². The maximum Gasteiger partial charge on any atom is 0.416 e. The average Bonchev–Trinajstić information content (AvgIpc) is 3.60. The summed E-state index contributed by atoms with van der Waals surface area (Å²) in [4.78, 5) is 50.2. The van der Waals surface area contributed by atoms with Crippen molar-refractivity contribution in [3.8, 4) is 17.3 Å². The standard InChI is InChI=1S/C33H39N7O7/c1-7-11-38(12-8-2)33(42)47-31-27(34-6)26(32(41)46-28-21(4)17-20(3)18-22(28)5)30-35-29(36-39(30)31)23-9-10-24(25(19-23)40(43)44)37-13-15-45-16-14-37/h7-10,19-22,28H,1-2,11-18H2,3-5H3,(H,35,36). The highest BCUT2D eigenvalue weighted by molar-refractivity contribution is 6.05. The number of nitrogens with zero attached hydrogens (tertiary/aromatic N) is 6. The van der Waals surface area contributed by atoms with Crippen LogP contribution in [0.3, 0.4) is 0 Å². The molecule has 14 nitrogen and oxygen atoms in total. The van der Waals surface area contributed by atoms with Gasteiger partial charge in [0.05, 0.1) is 24.7 Å². The Balaban J connectivity index is 1.61. The van der Waals surface area contributed by atoms with Gasteiger partial charge in [-0.3, -0.25) is 15.2 Å². The number of carbonyl (C=O) groups excluding carboxylic acids is 2. The Morgan fingerprint density at radius 3 is 2.45 bits per heavy atom. The number of morpholine rings is 1. The summed E-state index contributed by atoms with van der Waals surface area (Å²) < 4.78 is 18.4. The third-order valence-corrected chi connectivity index (χ3v) is 8.68. The molecule has 248 valence electrons. The second-order valence-corrected chi connectivity index (χ2v) is 12.2. The molecule has 1 aromatic carbocycles. The Morgan fingerprint density at radius 2 is 1.85 bits per heavy atom. The molecule has 1 aliphatic heterocycles. The number of rotatable bonds is 10. The van der Waals surface area contributed by atoms with Gasteiger partial charge in [-0.15, -0.1) is 13.2 Å². The highest BCUT2D eigenvalue weighted by atomic mass is 16.6. The van der Waals surface area contributed by atoms with Gasteiger partial charge in [-0.05, 0) is 42.7 Å². The molecule has 2 fully saturated rings. The Kier molecular flexibility index (Phi) is 9.95. The first-order valence-electron chi connectivity index (χ1n) is 15.6. The summed E-state index contributed by atoms with van der Waals surface area (Å²) in [7, 11) is 0. The topological polar surface area (TPSA) is 149 Å². The SMILES string of the molecule is [C-]#[N+]c1c(C(=O)OC2C(C)CC(C)CC2C)c2nc(-c3ccc(N4CCOCC4)c([N+](=O)[O-])c3)[nH]n2c1OC(=O)N(CC=C)CC=C. The number of amides is 1. The first-order valence-corrected chi connectivity index (χ1v) is 15.6. The van der Waals surface area contributed by atoms with E-state index >= 15 is 0 Å². The van der Waals surface area contributed by atoms with E-state index < -0.39 is 17.0 Å². The second-order valence-electron chi connectivity index (χ2n) is 12.2. The van der Waals surface area contributed by atoms with Crippen LogP contribution in [-0.2, 0) is 9.47 Å². The summed E-state index contributed by atoms with van der Waals surface area (Å²) in [5.74, 6) is -0.201. The monoisotopic (exact) mass is 645 g/mol. The van der Waals surface area contributed by atoms with Gasteiger partial charge in [0.25, 0.3) is 11.4 Å². The molecule has 2 aromatic heterocycles. The fourth-order valence-corrected chi connectivity index (χ4v) is 6.67. The number of hydrogen-bond donors (Lipinski definition) is 1. The first-order chi connectivity index (χ1) is 22.6. The molecule has 0 bridgehead atoms. The van der Waals surface area contributed by atoms with Gasteiger partial charge in [0, 0.05) is 37.8 Å². The normalized spacial score (nSPS) is 21.1. The minimum Gasteiger partial charge on any atom is -0.459 e. The number of H-pyrrole nitrogens is 1. The lowest BCUT2D eigenvalue weighted by Gasteiger charge is -2.37. The lowest BCUT2D eigenvalue weighted by Crippen LogP contribution is -2.37. The molecule has 1 amide bonds. The zero-order valence-electron chi connectivity index (χ0n) is 26.8. The molecule has 5 rings (SSSR count). The Bertz CT molecular complexity index is 1710. The number of carbonyl (C=O) groups is 2. The lowest BCUT2D eigenvalue weighted by atomic mass is 9.75. The van der Waals surface area contributed by atoms with E-state index in [0.717, 1.165) is 12.8 Å². The Morgan fingerprint density at radius 1 is 1.19 bits per heavy atom. The largest absolute Gasteiger partial charge is 0.459 e. The average molecular weight is 646 g/mol. The summed E-state index contributed by atoms with van der Waals surface area (Å²) in [5, 5.41) is 15.1. The van der Waals surface area contributed by atoms with E-state index in [4.69, 9.17) is 20.8 Å². The van der Waals surface area contributed by atoms with Crippen molar-refractivity contribution in [3.63, 3.8) is 0 Å². The maximum atomic E-state index is 13.9. The molecule has 47 heavy (non-hydrogen) atoms. The van der Waals surface area contributed by atoms with Gasteiger partial charge in [0.1, 0.15) is 17.4 Å². The number of hydrogen-bond acceptors (Lipinski definition) is 9. The zero-order chi connectivity index (χ0) is 33.8. The van der Waals surface area contributed by atoms with E-state index in [1.165, 1.54) is 27.6 Å². The molecule has 0 spiro atoms. The van der Waals surface area contributed by atoms with Crippen LogP contribution in [0.2, 0.25) is 0 Å². The molecule has 2 unspecified atom stereocenters. The third-order valence-electron chi connectivity index (χ3n) is 8.68. The van der Waals surface area contributed by atoms with E-state index in [1.54, 1.807) is 12.1 Å². The summed E-state index contributed by atoms with van der Waals surface area (Å²) in [6, 6.07) is 4.72. The molecule has 2 atom stereocenters. The molecular formula is C33H39N7O7. The number of benzene rings is 1. The number of aromatic nitrogens is 3. The summed E-state index contributed by atoms with van der Waals surface area (Å²) in [5.41, 5.74) is 0.247. The number of nitro groups is 1. The number of aromatic amines is 1. The van der Waals surface area contributed by atoms with E-state index in [0.29, 0.717) is 43.5 Å². The molecule has 3 heterocycles. The zero-order valence-corrected chi connectivity index (χ0v) is 26.8. The van der Waals surface area contributed by atoms with Crippen LogP contribution in [0, 0.1) is 34.4 Å². The van der Waals surface area contributed by atoms with E-state index in [2.05, 4.69) is 35.0 Å². The molecule has 1 N–H and O–H groups in total. The van der Waals surface area contributed by atoms with Crippen molar-refractivity contribution in [3.05, 3.63) is 70.6 Å². The number of fused-ring (bicyclic) bond motifs is 1. The van der Waals surface area contributed by atoms with E-state index in [-0.39, 0.29) is 65.3 Å². The summed E-state index contributed by atoms with van der Waals surface area (Å²) in [6.07, 6.45) is 3.63. The van der Waals surface area contributed by atoms with Gasteiger partial charge in [0.2, 0.25) is 5.88 Å². The Hall–Kier alpha value is -5.16. The molecule has 14 heteroatoms. The minimum atomic E-state index is -0.806. The van der Waals surface area contributed by atoms with Crippen LogP contribution in [0.1, 0.15) is 44.0 Å². The highest BCUT2D eigenvalue weighted by Crippen LogP contribution is 2.41. The van der Waals surface area contributed by atoms with Crippen molar-refractivity contribution in [1.82, 2.24) is 19.5 Å². The summed E-state index contributed by atoms with van der Waals surface area (Å²) >= 11 is 0. The van der Waals surface area contributed by atoms with Gasteiger partial charge in [-0.2, -0.15) is 0 Å². The predicted octanol–water partition coefficient (Wildman–Crippen LogP) is 6.03. The van der Waals surface area contributed by atoms with Crippen molar-refractivity contribution in [2.24, 2.45) is 17.8 Å². The van der Waals surface area contributed by atoms with Crippen LogP contribution in [-0.4, -0.2) is 82.0 Å². The van der Waals surface area contributed by atoms with Crippen LogP contribution < -0.4 is 9.64 Å².